The predicted octanol–water partition coefficient (Wildman–Crippen LogP) is 3.18. The Balaban J connectivity index is 1.80. The highest BCUT2D eigenvalue weighted by Gasteiger charge is 2.06. The molecular weight excluding hydrogens is 316 g/mol. The largest absolute Gasteiger partial charge is 0.497 e. The summed E-state index contributed by atoms with van der Waals surface area (Å²) in [6.07, 6.45) is 1.78. The first-order chi connectivity index (χ1) is 12.2. The van der Waals surface area contributed by atoms with Crippen LogP contribution in [0.5, 0.6) is 11.5 Å². The van der Waals surface area contributed by atoms with Gasteiger partial charge in [0.05, 0.1) is 32.0 Å². The zero-order valence-electron chi connectivity index (χ0n) is 14.2. The summed E-state index contributed by atoms with van der Waals surface area (Å²) in [6, 6.07) is 15.4. The second-order valence-electron chi connectivity index (χ2n) is 5.38. The summed E-state index contributed by atoms with van der Waals surface area (Å²) in [4.78, 5) is 8.84. The molecule has 0 spiro atoms. The van der Waals surface area contributed by atoms with Crippen molar-refractivity contribution in [1.29, 1.82) is 0 Å². The molecule has 1 heterocycles. The van der Waals surface area contributed by atoms with Gasteiger partial charge in [0.15, 0.2) is 5.96 Å². The number of fused-ring (bicyclic) bond motifs is 1. The third kappa shape index (κ3) is 3.80. The summed E-state index contributed by atoms with van der Waals surface area (Å²) in [5.74, 6) is 1.65. The first kappa shape index (κ1) is 16.6. The van der Waals surface area contributed by atoms with E-state index in [9.17, 15) is 0 Å². The summed E-state index contributed by atoms with van der Waals surface area (Å²) < 4.78 is 10.6. The molecule has 0 aliphatic heterocycles. The van der Waals surface area contributed by atoms with E-state index in [1.165, 1.54) is 0 Å². The molecule has 0 amide bonds. The molecule has 0 atom stereocenters. The molecule has 3 aromatic rings. The van der Waals surface area contributed by atoms with Crippen molar-refractivity contribution < 1.29 is 9.47 Å². The molecule has 6 nitrogen and oxygen atoms in total. The standard InChI is InChI=1S/C19H20N4O2/c1-24-15-8-9-17(25-2)16(11-15)23-19(20)22-12-14-6-3-5-13-7-4-10-21-18(13)14/h3-11H,12H2,1-2H3,(H3,20,22,23). The van der Waals surface area contributed by atoms with Crippen molar-refractivity contribution >= 4 is 22.5 Å². The van der Waals surface area contributed by atoms with Gasteiger partial charge in [-0.15, -0.1) is 0 Å². The molecule has 3 rings (SSSR count). The lowest BCUT2D eigenvalue weighted by Gasteiger charge is -2.12. The van der Waals surface area contributed by atoms with Gasteiger partial charge < -0.3 is 20.5 Å². The lowest BCUT2D eigenvalue weighted by Crippen LogP contribution is -2.23. The Bertz CT molecular complexity index is 904. The molecule has 0 saturated heterocycles. The van der Waals surface area contributed by atoms with Crippen LogP contribution in [0.25, 0.3) is 10.9 Å². The number of benzene rings is 2. The van der Waals surface area contributed by atoms with Crippen molar-refractivity contribution in [3.8, 4) is 11.5 Å². The van der Waals surface area contributed by atoms with E-state index < -0.39 is 0 Å². The minimum atomic E-state index is 0.291. The van der Waals surface area contributed by atoms with Gasteiger partial charge in [0.1, 0.15) is 11.5 Å². The SMILES string of the molecule is COc1ccc(OC)c(NC(N)=NCc2cccc3cccnc23)c1. The van der Waals surface area contributed by atoms with Crippen LogP contribution in [-0.4, -0.2) is 25.2 Å². The molecule has 25 heavy (non-hydrogen) atoms. The number of pyridine rings is 1. The lowest BCUT2D eigenvalue weighted by molar-refractivity contribution is 0.405. The summed E-state index contributed by atoms with van der Waals surface area (Å²) in [7, 11) is 3.21. The molecule has 0 saturated carbocycles. The molecule has 1 aromatic heterocycles. The highest BCUT2D eigenvalue weighted by Crippen LogP contribution is 2.28. The molecule has 0 fully saturated rings. The second-order valence-corrected chi connectivity index (χ2v) is 5.38. The maximum atomic E-state index is 6.03. The van der Waals surface area contributed by atoms with Crippen LogP contribution >= 0.6 is 0 Å². The highest BCUT2D eigenvalue weighted by molar-refractivity contribution is 5.94. The smallest absolute Gasteiger partial charge is 0.193 e. The number of nitrogens with zero attached hydrogens (tertiary/aromatic N) is 2. The Labute approximate surface area is 146 Å². The molecule has 0 aliphatic rings. The highest BCUT2D eigenvalue weighted by atomic mass is 16.5. The molecule has 0 aliphatic carbocycles. The van der Waals surface area contributed by atoms with Crippen LogP contribution in [0.15, 0.2) is 59.7 Å². The van der Waals surface area contributed by atoms with E-state index in [0.717, 1.165) is 16.5 Å². The number of anilines is 1. The van der Waals surface area contributed by atoms with Crippen LogP contribution in [0.2, 0.25) is 0 Å². The van der Waals surface area contributed by atoms with Gasteiger partial charge in [0.25, 0.3) is 0 Å². The fourth-order valence-corrected chi connectivity index (χ4v) is 2.55. The van der Waals surface area contributed by atoms with Gasteiger partial charge in [-0.1, -0.05) is 24.3 Å². The Morgan fingerprint density at radius 2 is 1.96 bits per heavy atom. The number of methoxy groups -OCH3 is 2. The van der Waals surface area contributed by atoms with Crippen molar-refractivity contribution in [2.24, 2.45) is 10.7 Å². The molecule has 0 unspecified atom stereocenters. The summed E-state index contributed by atoms with van der Waals surface area (Å²) in [5, 5.41) is 4.14. The van der Waals surface area contributed by atoms with Crippen molar-refractivity contribution in [1.82, 2.24) is 4.98 Å². The van der Waals surface area contributed by atoms with Gasteiger partial charge in [-0.25, -0.2) is 4.99 Å². The topological polar surface area (TPSA) is 81.8 Å². The van der Waals surface area contributed by atoms with Crippen LogP contribution in [-0.2, 0) is 6.54 Å². The third-order valence-corrected chi connectivity index (χ3v) is 3.81. The van der Waals surface area contributed by atoms with E-state index in [-0.39, 0.29) is 0 Å². The van der Waals surface area contributed by atoms with E-state index in [1.54, 1.807) is 26.5 Å². The van der Waals surface area contributed by atoms with Crippen LogP contribution in [0.3, 0.4) is 0 Å². The van der Waals surface area contributed by atoms with Crippen molar-refractivity contribution in [3.05, 3.63) is 60.3 Å². The quantitative estimate of drug-likeness (QED) is 0.552. The van der Waals surface area contributed by atoms with Gasteiger partial charge in [-0.2, -0.15) is 0 Å². The summed E-state index contributed by atoms with van der Waals surface area (Å²) in [6.45, 7) is 0.430. The minimum Gasteiger partial charge on any atom is -0.497 e. The van der Waals surface area contributed by atoms with Gasteiger partial charge >= 0.3 is 0 Å². The number of aliphatic imine (C=N–C) groups is 1. The number of nitrogens with two attached hydrogens (primary N) is 1. The van der Waals surface area contributed by atoms with Gasteiger partial charge in [0.2, 0.25) is 0 Å². The van der Waals surface area contributed by atoms with Crippen molar-refractivity contribution in [2.75, 3.05) is 19.5 Å². The van der Waals surface area contributed by atoms with Crippen molar-refractivity contribution in [2.45, 2.75) is 6.54 Å². The molecular formula is C19H20N4O2. The number of hydrogen-bond acceptors (Lipinski definition) is 4. The predicted molar refractivity (Wildman–Crippen MR) is 100 cm³/mol. The summed E-state index contributed by atoms with van der Waals surface area (Å²) >= 11 is 0. The number of ether oxygens (including phenoxy) is 2. The van der Waals surface area contributed by atoms with E-state index in [0.29, 0.717) is 29.7 Å². The Kier molecular flexibility index (Phi) is 4.99. The fraction of sp³-hybridized carbons (Fsp3) is 0.158. The normalized spacial score (nSPS) is 11.4. The summed E-state index contributed by atoms with van der Waals surface area (Å²) in [5.41, 5.74) is 8.67. The first-order valence-electron chi connectivity index (χ1n) is 7.83. The number of rotatable bonds is 5. The Morgan fingerprint density at radius 1 is 1.12 bits per heavy atom. The second kappa shape index (κ2) is 7.53. The number of guanidine groups is 1. The molecule has 0 radical (unpaired) electrons. The Morgan fingerprint density at radius 3 is 2.76 bits per heavy atom. The van der Waals surface area contributed by atoms with Crippen molar-refractivity contribution in [3.63, 3.8) is 0 Å². The van der Waals surface area contributed by atoms with Gasteiger partial charge in [-0.05, 0) is 23.8 Å². The van der Waals surface area contributed by atoms with Gasteiger partial charge in [0, 0.05) is 17.6 Å². The van der Waals surface area contributed by atoms with Crippen LogP contribution in [0.1, 0.15) is 5.56 Å². The zero-order valence-corrected chi connectivity index (χ0v) is 14.2. The molecule has 6 heteroatoms. The number of aromatic nitrogens is 1. The van der Waals surface area contributed by atoms with E-state index in [1.807, 2.05) is 42.5 Å². The molecule has 128 valence electrons. The monoisotopic (exact) mass is 336 g/mol. The Hall–Kier alpha value is -3.28. The minimum absolute atomic E-state index is 0.291. The van der Waals surface area contributed by atoms with Gasteiger partial charge in [-0.3, -0.25) is 4.98 Å². The fourth-order valence-electron chi connectivity index (χ4n) is 2.55. The third-order valence-electron chi connectivity index (χ3n) is 3.81. The van der Waals surface area contributed by atoms with Crippen LogP contribution in [0, 0.1) is 0 Å². The lowest BCUT2D eigenvalue weighted by atomic mass is 10.1. The first-order valence-corrected chi connectivity index (χ1v) is 7.83. The molecule has 2 aromatic carbocycles. The van der Waals surface area contributed by atoms with Crippen LogP contribution in [0.4, 0.5) is 5.69 Å². The van der Waals surface area contributed by atoms with E-state index >= 15 is 0 Å². The average Bonchev–Trinajstić information content (AvgIpc) is 2.66. The number of nitrogens with one attached hydrogen (secondary N) is 1. The molecule has 0 bridgehead atoms. The number of para-hydroxylation sites is 1. The van der Waals surface area contributed by atoms with E-state index in [2.05, 4.69) is 15.3 Å². The van der Waals surface area contributed by atoms with Crippen LogP contribution < -0.4 is 20.5 Å². The average molecular weight is 336 g/mol. The zero-order chi connectivity index (χ0) is 17.6. The van der Waals surface area contributed by atoms with E-state index in [4.69, 9.17) is 15.2 Å². The maximum absolute atomic E-state index is 6.03. The maximum Gasteiger partial charge on any atom is 0.193 e. The molecule has 3 N–H and O–H groups in total. The number of hydrogen-bond donors (Lipinski definition) is 2.